The SMILES string of the molecule is O=C(N[C@@H](Cc1c[nH]c2ccc(OCCCN3CCNCC3)cc12)C(=O)O)c1ccccc1. The summed E-state index contributed by atoms with van der Waals surface area (Å²) in [6.45, 7) is 5.86. The van der Waals surface area contributed by atoms with Gasteiger partial charge >= 0.3 is 5.97 Å². The highest BCUT2D eigenvalue weighted by Gasteiger charge is 2.22. The van der Waals surface area contributed by atoms with Crippen LogP contribution in [0.3, 0.4) is 0 Å². The fourth-order valence-corrected chi connectivity index (χ4v) is 4.08. The first kappa shape index (κ1) is 22.8. The van der Waals surface area contributed by atoms with Crippen molar-refractivity contribution in [2.24, 2.45) is 0 Å². The lowest BCUT2D eigenvalue weighted by atomic mass is 10.0. The Kier molecular flexibility index (Phi) is 7.59. The fourth-order valence-electron chi connectivity index (χ4n) is 4.08. The maximum absolute atomic E-state index is 12.5. The van der Waals surface area contributed by atoms with E-state index in [0.717, 1.165) is 61.4 Å². The first-order valence-corrected chi connectivity index (χ1v) is 11.3. The average Bonchev–Trinajstić information content (AvgIpc) is 3.24. The number of carboxylic acids is 1. The number of benzene rings is 2. The molecule has 1 aliphatic rings. The number of nitrogens with one attached hydrogen (secondary N) is 3. The quantitative estimate of drug-likeness (QED) is 0.353. The molecule has 4 rings (SSSR count). The van der Waals surface area contributed by atoms with Crippen LogP contribution in [0.1, 0.15) is 22.3 Å². The lowest BCUT2D eigenvalue weighted by molar-refractivity contribution is -0.139. The number of aromatic nitrogens is 1. The standard InChI is InChI=1S/C25H30N4O4/c30-24(18-5-2-1-3-6-18)28-23(25(31)32)15-19-17-27-22-8-7-20(16-21(19)22)33-14-4-11-29-12-9-26-10-13-29/h1-3,5-8,16-17,23,26-27H,4,9-15H2,(H,28,30)(H,31,32)/t23-/m0/s1. The zero-order valence-corrected chi connectivity index (χ0v) is 18.5. The minimum atomic E-state index is -1.08. The third-order valence-electron chi connectivity index (χ3n) is 5.90. The second-order valence-electron chi connectivity index (χ2n) is 8.25. The molecule has 0 radical (unpaired) electrons. The monoisotopic (exact) mass is 450 g/mol. The van der Waals surface area contributed by atoms with Gasteiger partial charge in [0.2, 0.25) is 0 Å². The maximum atomic E-state index is 12.5. The zero-order valence-electron chi connectivity index (χ0n) is 18.5. The van der Waals surface area contributed by atoms with Gasteiger partial charge in [0.05, 0.1) is 6.61 Å². The Bertz CT molecular complexity index is 1080. The molecule has 0 aliphatic carbocycles. The Hall–Kier alpha value is -3.36. The van der Waals surface area contributed by atoms with E-state index < -0.39 is 17.9 Å². The van der Waals surface area contributed by atoms with Gasteiger partial charge in [-0.2, -0.15) is 0 Å². The number of carbonyl (C=O) groups is 2. The number of fused-ring (bicyclic) bond motifs is 1. The first-order chi connectivity index (χ1) is 16.1. The van der Waals surface area contributed by atoms with Gasteiger partial charge in [0.1, 0.15) is 11.8 Å². The molecule has 1 aromatic heterocycles. The molecule has 0 bridgehead atoms. The molecule has 4 N–H and O–H groups in total. The molecule has 3 aromatic rings. The number of hydrogen-bond acceptors (Lipinski definition) is 5. The highest BCUT2D eigenvalue weighted by molar-refractivity contribution is 5.96. The van der Waals surface area contributed by atoms with Crippen LogP contribution in [0.4, 0.5) is 0 Å². The Morgan fingerprint density at radius 1 is 1.12 bits per heavy atom. The van der Waals surface area contributed by atoms with Crippen LogP contribution in [-0.4, -0.2) is 72.2 Å². The molecular formula is C25H30N4O4. The Balaban J connectivity index is 1.38. The summed E-state index contributed by atoms with van der Waals surface area (Å²) in [5.41, 5.74) is 2.15. The fraction of sp³-hybridized carbons (Fsp3) is 0.360. The molecule has 2 aromatic carbocycles. The van der Waals surface area contributed by atoms with E-state index in [0.29, 0.717) is 12.2 Å². The van der Waals surface area contributed by atoms with Crippen LogP contribution in [0.5, 0.6) is 5.75 Å². The van der Waals surface area contributed by atoms with Crippen molar-refractivity contribution < 1.29 is 19.4 Å². The molecule has 174 valence electrons. The molecule has 0 spiro atoms. The molecule has 1 saturated heterocycles. The third kappa shape index (κ3) is 6.12. The van der Waals surface area contributed by atoms with Crippen LogP contribution in [0, 0.1) is 0 Å². The lowest BCUT2D eigenvalue weighted by Gasteiger charge is -2.26. The van der Waals surface area contributed by atoms with Gasteiger partial charge in [-0.25, -0.2) is 4.79 Å². The Labute approximate surface area is 192 Å². The number of carboxylic acid groups (broad SMARTS) is 1. The van der Waals surface area contributed by atoms with Gasteiger partial charge in [-0.05, 0) is 42.3 Å². The number of hydrogen-bond donors (Lipinski definition) is 4. The summed E-state index contributed by atoms with van der Waals surface area (Å²) in [4.78, 5) is 29.9. The third-order valence-corrected chi connectivity index (χ3v) is 5.90. The lowest BCUT2D eigenvalue weighted by Crippen LogP contribution is -2.43. The second kappa shape index (κ2) is 11.0. The van der Waals surface area contributed by atoms with Gasteiger partial charge in [-0.15, -0.1) is 0 Å². The van der Waals surface area contributed by atoms with Crippen molar-refractivity contribution in [3.63, 3.8) is 0 Å². The van der Waals surface area contributed by atoms with E-state index in [-0.39, 0.29) is 6.42 Å². The highest BCUT2D eigenvalue weighted by Crippen LogP contribution is 2.25. The first-order valence-electron chi connectivity index (χ1n) is 11.3. The summed E-state index contributed by atoms with van der Waals surface area (Å²) in [5, 5.41) is 16.6. The van der Waals surface area contributed by atoms with E-state index in [4.69, 9.17) is 4.74 Å². The highest BCUT2D eigenvalue weighted by atomic mass is 16.5. The van der Waals surface area contributed by atoms with Gasteiger partial charge in [0, 0.05) is 61.8 Å². The van der Waals surface area contributed by atoms with Crippen LogP contribution in [0.2, 0.25) is 0 Å². The van der Waals surface area contributed by atoms with E-state index in [1.54, 1.807) is 30.5 Å². The molecule has 1 aliphatic heterocycles. The van der Waals surface area contributed by atoms with Crippen LogP contribution in [0.15, 0.2) is 54.7 Å². The van der Waals surface area contributed by atoms with Gasteiger partial charge in [-0.1, -0.05) is 18.2 Å². The summed E-state index contributed by atoms with van der Waals surface area (Å²) in [5.74, 6) is -0.728. The summed E-state index contributed by atoms with van der Waals surface area (Å²) >= 11 is 0. The number of rotatable bonds is 10. The molecule has 8 heteroatoms. The second-order valence-corrected chi connectivity index (χ2v) is 8.25. The van der Waals surface area contributed by atoms with E-state index in [1.807, 2.05) is 24.3 Å². The smallest absolute Gasteiger partial charge is 0.326 e. The van der Waals surface area contributed by atoms with Crippen LogP contribution < -0.4 is 15.4 Å². The number of aromatic amines is 1. The average molecular weight is 451 g/mol. The van der Waals surface area contributed by atoms with E-state index in [2.05, 4.69) is 20.5 Å². The number of carbonyl (C=O) groups excluding carboxylic acids is 1. The molecule has 0 saturated carbocycles. The summed E-state index contributed by atoms with van der Waals surface area (Å²) < 4.78 is 5.96. The molecule has 0 unspecified atom stereocenters. The number of H-pyrrole nitrogens is 1. The van der Waals surface area contributed by atoms with Crippen LogP contribution in [-0.2, 0) is 11.2 Å². The van der Waals surface area contributed by atoms with Gasteiger partial charge in [-0.3, -0.25) is 4.79 Å². The predicted molar refractivity (Wildman–Crippen MR) is 127 cm³/mol. The normalized spacial score (nSPS) is 15.3. The number of aliphatic carboxylic acids is 1. The number of ether oxygens (including phenoxy) is 1. The summed E-state index contributed by atoms with van der Waals surface area (Å²) in [6, 6.07) is 13.4. The van der Waals surface area contributed by atoms with Crippen molar-refractivity contribution in [3.05, 3.63) is 65.9 Å². The van der Waals surface area contributed by atoms with E-state index in [9.17, 15) is 14.7 Å². The minimum Gasteiger partial charge on any atom is -0.494 e. The van der Waals surface area contributed by atoms with Gasteiger partial charge in [0.15, 0.2) is 0 Å². The predicted octanol–water partition coefficient (Wildman–Crippen LogP) is 2.27. The van der Waals surface area contributed by atoms with Gasteiger partial charge in [0.25, 0.3) is 5.91 Å². The van der Waals surface area contributed by atoms with Crippen LogP contribution >= 0.6 is 0 Å². The van der Waals surface area contributed by atoms with E-state index >= 15 is 0 Å². The number of amides is 1. The molecular weight excluding hydrogens is 420 g/mol. The Morgan fingerprint density at radius 3 is 2.67 bits per heavy atom. The molecule has 1 fully saturated rings. The molecule has 2 heterocycles. The summed E-state index contributed by atoms with van der Waals surface area (Å²) in [7, 11) is 0. The molecule has 1 amide bonds. The van der Waals surface area contributed by atoms with Crippen molar-refractivity contribution in [1.82, 2.24) is 20.5 Å². The summed E-state index contributed by atoms with van der Waals surface area (Å²) in [6.07, 6.45) is 2.91. The van der Waals surface area contributed by atoms with Crippen molar-refractivity contribution >= 4 is 22.8 Å². The van der Waals surface area contributed by atoms with Crippen molar-refractivity contribution in [2.75, 3.05) is 39.3 Å². The Morgan fingerprint density at radius 2 is 1.91 bits per heavy atom. The van der Waals surface area contributed by atoms with Crippen molar-refractivity contribution in [3.8, 4) is 5.75 Å². The van der Waals surface area contributed by atoms with Crippen LogP contribution in [0.25, 0.3) is 10.9 Å². The molecule has 33 heavy (non-hydrogen) atoms. The van der Waals surface area contributed by atoms with E-state index in [1.165, 1.54) is 0 Å². The molecule has 1 atom stereocenters. The zero-order chi connectivity index (χ0) is 23.0. The molecule has 8 nitrogen and oxygen atoms in total. The van der Waals surface area contributed by atoms with Crippen molar-refractivity contribution in [2.45, 2.75) is 18.9 Å². The largest absolute Gasteiger partial charge is 0.494 e. The number of piperazine rings is 1. The van der Waals surface area contributed by atoms with Crippen molar-refractivity contribution in [1.29, 1.82) is 0 Å². The van der Waals surface area contributed by atoms with Gasteiger partial charge < -0.3 is 30.4 Å². The number of nitrogens with zero attached hydrogens (tertiary/aromatic N) is 1. The minimum absolute atomic E-state index is 0.167. The topological polar surface area (TPSA) is 107 Å². The maximum Gasteiger partial charge on any atom is 0.326 e.